The molecule has 0 saturated carbocycles. The number of amides is 2. The molecule has 1 heterocycles. The quantitative estimate of drug-likeness (QED) is 0.797. The Balaban J connectivity index is 1.45. The van der Waals surface area contributed by atoms with E-state index in [-0.39, 0.29) is 30.7 Å². The van der Waals surface area contributed by atoms with Crippen LogP contribution in [0.25, 0.3) is 0 Å². The zero-order chi connectivity index (χ0) is 20.1. The maximum atomic E-state index is 13.0. The molecule has 2 aromatic rings. The fourth-order valence-corrected chi connectivity index (χ4v) is 3.29. The third-order valence-electron chi connectivity index (χ3n) is 4.94. The van der Waals surface area contributed by atoms with Crippen molar-refractivity contribution in [3.63, 3.8) is 0 Å². The molecule has 2 amide bonds. The van der Waals surface area contributed by atoms with Gasteiger partial charge in [0.15, 0.2) is 6.61 Å². The standard InChI is InChI=1S/C22H25FN2O3/c1-16-3-8-20(17(2)13-16)28-15-22(27)25-11-9-24(10-12-25)21(26)14-18-4-6-19(23)7-5-18/h3-8,13H,9-12,14-15H2,1-2H3. The van der Waals surface area contributed by atoms with Crippen LogP contribution in [-0.4, -0.2) is 54.4 Å². The van der Waals surface area contributed by atoms with Crippen molar-refractivity contribution in [2.24, 2.45) is 0 Å². The van der Waals surface area contributed by atoms with Crippen LogP contribution in [0.1, 0.15) is 16.7 Å². The molecule has 0 bridgehead atoms. The van der Waals surface area contributed by atoms with E-state index in [1.807, 2.05) is 32.0 Å². The van der Waals surface area contributed by atoms with Crippen LogP contribution in [0.5, 0.6) is 5.75 Å². The van der Waals surface area contributed by atoms with Gasteiger partial charge >= 0.3 is 0 Å². The molecule has 2 aromatic carbocycles. The zero-order valence-electron chi connectivity index (χ0n) is 16.3. The van der Waals surface area contributed by atoms with Crippen LogP contribution in [0.4, 0.5) is 4.39 Å². The first kappa shape index (κ1) is 19.9. The van der Waals surface area contributed by atoms with Gasteiger partial charge in [-0.1, -0.05) is 29.8 Å². The average Bonchev–Trinajstić information content (AvgIpc) is 2.69. The smallest absolute Gasteiger partial charge is 0.260 e. The lowest BCUT2D eigenvalue weighted by atomic mass is 10.1. The van der Waals surface area contributed by atoms with Crippen molar-refractivity contribution in [3.8, 4) is 5.75 Å². The summed E-state index contributed by atoms with van der Waals surface area (Å²) in [4.78, 5) is 28.3. The molecule has 0 spiro atoms. The summed E-state index contributed by atoms with van der Waals surface area (Å²) in [5, 5.41) is 0. The second-order valence-electron chi connectivity index (χ2n) is 7.12. The molecule has 28 heavy (non-hydrogen) atoms. The Labute approximate surface area is 164 Å². The second kappa shape index (κ2) is 8.87. The van der Waals surface area contributed by atoms with Crippen molar-refractivity contribution in [3.05, 3.63) is 65.0 Å². The first-order chi connectivity index (χ1) is 13.4. The van der Waals surface area contributed by atoms with Crippen molar-refractivity contribution < 1.29 is 18.7 Å². The number of rotatable bonds is 5. The zero-order valence-corrected chi connectivity index (χ0v) is 16.3. The third kappa shape index (κ3) is 5.09. The van der Waals surface area contributed by atoms with Gasteiger partial charge in [0.1, 0.15) is 11.6 Å². The number of halogens is 1. The predicted molar refractivity (Wildman–Crippen MR) is 105 cm³/mol. The Kier molecular flexibility index (Phi) is 6.29. The Bertz CT molecular complexity index is 843. The van der Waals surface area contributed by atoms with E-state index in [9.17, 15) is 14.0 Å². The van der Waals surface area contributed by atoms with Gasteiger partial charge < -0.3 is 14.5 Å². The molecule has 148 valence electrons. The summed E-state index contributed by atoms with van der Waals surface area (Å²) >= 11 is 0. The minimum Gasteiger partial charge on any atom is -0.484 e. The number of nitrogens with zero attached hydrogens (tertiary/aromatic N) is 2. The highest BCUT2D eigenvalue weighted by atomic mass is 19.1. The molecular weight excluding hydrogens is 359 g/mol. The fourth-order valence-electron chi connectivity index (χ4n) is 3.29. The molecule has 1 fully saturated rings. The minimum atomic E-state index is -0.314. The van der Waals surface area contributed by atoms with Crippen molar-refractivity contribution in [1.82, 2.24) is 9.80 Å². The molecule has 0 aliphatic carbocycles. The van der Waals surface area contributed by atoms with Gasteiger partial charge in [-0.2, -0.15) is 0 Å². The van der Waals surface area contributed by atoms with E-state index < -0.39 is 0 Å². The van der Waals surface area contributed by atoms with Crippen molar-refractivity contribution in [2.75, 3.05) is 32.8 Å². The summed E-state index contributed by atoms with van der Waals surface area (Å²) < 4.78 is 18.6. The van der Waals surface area contributed by atoms with Gasteiger partial charge in [0.05, 0.1) is 6.42 Å². The summed E-state index contributed by atoms with van der Waals surface area (Å²) in [6, 6.07) is 11.8. The first-order valence-corrected chi connectivity index (χ1v) is 9.42. The van der Waals surface area contributed by atoms with Crippen LogP contribution in [0.2, 0.25) is 0 Å². The van der Waals surface area contributed by atoms with E-state index in [1.165, 1.54) is 12.1 Å². The number of piperazine rings is 1. The molecule has 3 rings (SSSR count). The Morgan fingerprint density at radius 2 is 1.54 bits per heavy atom. The SMILES string of the molecule is Cc1ccc(OCC(=O)N2CCN(C(=O)Cc3ccc(F)cc3)CC2)c(C)c1. The highest BCUT2D eigenvalue weighted by Gasteiger charge is 2.24. The maximum Gasteiger partial charge on any atom is 0.260 e. The van der Waals surface area contributed by atoms with Gasteiger partial charge in [0, 0.05) is 26.2 Å². The lowest BCUT2D eigenvalue weighted by Gasteiger charge is -2.34. The predicted octanol–water partition coefficient (Wildman–Crippen LogP) is 2.73. The molecule has 0 radical (unpaired) electrons. The summed E-state index contributed by atoms with van der Waals surface area (Å²) in [7, 11) is 0. The van der Waals surface area contributed by atoms with Crippen LogP contribution in [0.3, 0.4) is 0 Å². The van der Waals surface area contributed by atoms with Gasteiger partial charge in [-0.15, -0.1) is 0 Å². The fraction of sp³-hybridized carbons (Fsp3) is 0.364. The number of aryl methyl sites for hydroxylation is 2. The maximum absolute atomic E-state index is 13.0. The molecule has 0 unspecified atom stereocenters. The van der Waals surface area contributed by atoms with Crippen LogP contribution >= 0.6 is 0 Å². The Morgan fingerprint density at radius 1 is 0.929 bits per heavy atom. The summed E-state index contributed by atoms with van der Waals surface area (Å²) in [6.45, 7) is 5.93. The third-order valence-corrected chi connectivity index (χ3v) is 4.94. The van der Waals surface area contributed by atoms with E-state index in [0.717, 1.165) is 16.7 Å². The van der Waals surface area contributed by atoms with Crippen molar-refractivity contribution in [1.29, 1.82) is 0 Å². The monoisotopic (exact) mass is 384 g/mol. The molecule has 6 heteroatoms. The van der Waals surface area contributed by atoms with Gasteiger partial charge in [-0.05, 0) is 43.2 Å². The highest BCUT2D eigenvalue weighted by Crippen LogP contribution is 2.19. The number of benzene rings is 2. The van der Waals surface area contributed by atoms with Crippen LogP contribution in [-0.2, 0) is 16.0 Å². The lowest BCUT2D eigenvalue weighted by molar-refractivity contribution is -0.140. The van der Waals surface area contributed by atoms with E-state index in [1.54, 1.807) is 21.9 Å². The molecule has 5 nitrogen and oxygen atoms in total. The van der Waals surface area contributed by atoms with Crippen LogP contribution < -0.4 is 4.74 Å². The molecule has 1 aliphatic rings. The Hall–Kier alpha value is -2.89. The van der Waals surface area contributed by atoms with Crippen LogP contribution in [0, 0.1) is 19.7 Å². The summed E-state index contributed by atoms with van der Waals surface area (Å²) in [5.74, 6) is 0.314. The van der Waals surface area contributed by atoms with Crippen molar-refractivity contribution in [2.45, 2.75) is 20.3 Å². The minimum absolute atomic E-state index is 0.00652. The van der Waals surface area contributed by atoms with E-state index in [4.69, 9.17) is 4.74 Å². The topological polar surface area (TPSA) is 49.9 Å². The Morgan fingerprint density at radius 3 is 2.14 bits per heavy atom. The average molecular weight is 384 g/mol. The molecule has 0 atom stereocenters. The molecule has 1 saturated heterocycles. The molecule has 1 aliphatic heterocycles. The number of ether oxygens (including phenoxy) is 1. The van der Waals surface area contributed by atoms with Gasteiger partial charge in [0.2, 0.25) is 5.91 Å². The first-order valence-electron chi connectivity index (χ1n) is 9.42. The number of hydrogen-bond acceptors (Lipinski definition) is 3. The highest BCUT2D eigenvalue weighted by molar-refractivity contribution is 5.80. The van der Waals surface area contributed by atoms with Gasteiger partial charge in [-0.25, -0.2) is 4.39 Å². The molecule has 0 aromatic heterocycles. The van der Waals surface area contributed by atoms with Crippen molar-refractivity contribution >= 4 is 11.8 Å². The van der Waals surface area contributed by atoms with Gasteiger partial charge in [-0.3, -0.25) is 9.59 Å². The van der Waals surface area contributed by atoms with E-state index in [0.29, 0.717) is 31.9 Å². The number of carbonyl (C=O) groups excluding carboxylic acids is 2. The normalized spacial score (nSPS) is 14.1. The molecular formula is C22H25FN2O3. The largest absolute Gasteiger partial charge is 0.484 e. The molecule has 0 N–H and O–H groups in total. The summed E-state index contributed by atoms with van der Waals surface area (Å²) in [5.41, 5.74) is 2.94. The van der Waals surface area contributed by atoms with E-state index in [2.05, 4.69) is 0 Å². The van der Waals surface area contributed by atoms with Crippen LogP contribution in [0.15, 0.2) is 42.5 Å². The second-order valence-corrected chi connectivity index (χ2v) is 7.12. The summed E-state index contributed by atoms with van der Waals surface area (Å²) in [6.07, 6.45) is 0.240. The number of carbonyl (C=O) groups is 2. The number of hydrogen-bond donors (Lipinski definition) is 0. The lowest BCUT2D eigenvalue weighted by Crippen LogP contribution is -2.52. The van der Waals surface area contributed by atoms with E-state index >= 15 is 0 Å². The van der Waals surface area contributed by atoms with Gasteiger partial charge in [0.25, 0.3) is 5.91 Å².